The van der Waals surface area contributed by atoms with Crippen LogP contribution in [0.3, 0.4) is 0 Å². The predicted octanol–water partition coefficient (Wildman–Crippen LogP) is 2.55. The zero-order valence-corrected chi connectivity index (χ0v) is 10.2. The van der Waals surface area contributed by atoms with Crippen molar-refractivity contribution in [1.29, 1.82) is 0 Å². The third kappa shape index (κ3) is 4.76. The maximum absolute atomic E-state index is 10.9. The van der Waals surface area contributed by atoms with Crippen LogP contribution in [-0.2, 0) is 11.2 Å². The molecule has 0 bridgehead atoms. The summed E-state index contributed by atoms with van der Waals surface area (Å²) in [5.41, 5.74) is 2.08. The van der Waals surface area contributed by atoms with Crippen LogP contribution in [0.1, 0.15) is 30.9 Å². The van der Waals surface area contributed by atoms with Gasteiger partial charge < -0.3 is 4.79 Å². The van der Waals surface area contributed by atoms with Gasteiger partial charge in [-0.25, -0.2) is 0 Å². The van der Waals surface area contributed by atoms with Crippen molar-refractivity contribution in [2.75, 3.05) is 0 Å². The highest BCUT2D eigenvalue weighted by Gasteiger charge is 2.20. The summed E-state index contributed by atoms with van der Waals surface area (Å²) in [4.78, 5) is 21.4. The number of aryl methyl sites for hydroxylation is 1. The standard InChI is InChI=1S/C13H17NO3/c1-10-3-6-12(7-4-10)9-13(14(16)17)8-5-11(2)15/h3-4,6-7,13H,5,8-9H2,1-2H3. The first-order valence-corrected chi connectivity index (χ1v) is 5.67. The molecule has 4 heteroatoms. The first kappa shape index (κ1) is 13.4. The van der Waals surface area contributed by atoms with Gasteiger partial charge in [0, 0.05) is 24.2 Å². The fourth-order valence-electron chi connectivity index (χ4n) is 1.65. The molecule has 0 aliphatic rings. The second kappa shape index (κ2) is 6.13. The van der Waals surface area contributed by atoms with Gasteiger partial charge in [0.05, 0.1) is 0 Å². The lowest BCUT2D eigenvalue weighted by atomic mass is 10.0. The molecule has 4 nitrogen and oxygen atoms in total. The lowest BCUT2D eigenvalue weighted by molar-refractivity contribution is -0.522. The number of benzene rings is 1. The van der Waals surface area contributed by atoms with E-state index in [1.165, 1.54) is 6.92 Å². The predicted molar refractivity (Wildman–Crippen MR) is 65.6 cm³/mol. The first-order chi connectivity index (χ1) is 7.99. The Bertz CT molecular complexity index is 398. The fourth-order valence-corrected chi connectivity index (χ4v) is 1.65. The van der Waals surface area contributed by atoms with E-state index < -0.39 is 6.04 Å². The van der Waals surface area contributed by atoms with Crippen molar-refractivity contribution in [1.82, 2.24) is 0 Å². The molecule has 1 atom stereocenters. The molecule has 0 fully saturated rings. The minimum Gasteiger partial charge on any atom is -0.300 e. The van der Waals surface area contributed by atoms with Gasteiger partial charge in [-0.1, -0.05) is 29.8 Å². The Kier molecular flexibility index (Phi) is 4.82. The Hall–Kier alpha value is -1.71. The van der Waals surface area contributed by atoms with Gasteiger partial charge in [-0.05, 0) is 19.4 Å². The van der Waals surface area contributed by atoms with Gasteiger partial charge in [-0.15, -0.1) is 0 Å². The second-order valence-electron chi connectivity index (χ2n) is 4.37. The van der Waals surface area contributed by atoms with Gasteiger partial charge in [0.1, 0.15) is 5.78 Å². The molecule has 1 aromatic rings. The number of nitro groups is 1. The van der Waals surface area contributed by atoms with E-state index in [1.807, 2.05) is 31.2 Å². The molecule has 0 aromatic heterocycles. The van der Waals surface area contributed by atoms with Gasteiger partial charge in [0.25, 0.3) is 0 Å². The van der Waals surface area contributed by atoms with Gasteiger partial charge >= 0.3 is 0 Å². The summed E-state index contributed by atoms with van der Waals surface area (Å²) in [6.07, 6.45) is 0.980. The van der Waals surface area contributed by atoms with E-state index in [9.17, 15) is 14.9 Å². The van der Waals surface area contributed by atoms with Crippen molar-refractivity contribution in [2.24, 2.45) is 0 Å². The van der Waals surface area contributed by atoms with Crippen molar-refractivity contribution in [3.05, 3.63) is 45.5 Å². The van der Waals surface area contributed by atoms with E-state index in [2.05, 4.69) is 0 Å². The minimum atomic E-state index is -0.665. The van der Waals surface area contributed by atoms with Gasteiger partial charge in [-0.3, -0.25) is 10.1 Å². The third-order valence-corrected chi connectivity index (χ3v) is 2.72. The van der Waals surface area contributed by atoms with Crippen LogP contribution in [0.5, 0.6) is 0 Å². The summed E-state index contributed by atoms with van der Waals surface area (Å²) in [5.74, 6) is 0.000700. The monoisotopic (exact) mass is 235 g/mol. The van der Waals surface area contributed by atoms with Crippen LogP contribution in [0, 0.1) is 17.0 Å². The van der Waals surface area contributed by atoms with Crippen molar-refractivity contribution in [3.63, 3.8) is 0 Å². The van der Waals surface area contributed by atoms with Gasteiger partial charge in [0.2, 0.25) is 6.04 Å². The summed E-state index contributed by atoms with van der Waals surface area (Å²) in [6.45, 7) is 3.44. The van der Waals surface area contributed by atoms with E-state index in [0.29, 0.717) is 12.8 Å². The van der Waals surface area contributed by atoms with Gasteiger partial charge in [-0.2, -0.15) is 0 Å². The zero-order valence-electron chi connectivity index (χ0n) is 10.2. The summed E-state index contributed by atoms with van der Waals surface area (Å²) in [7, 11) is 0. The molecule has 0 aliphatic heterocycles. The lowest BCUT2D eigenvalue weighted by Gasteiger charge is -2.08. The first-order valence-electron chi connectivity index (χ1n) is 5.67. The van der Waals surface area contributed by atoms with Crippen molar-refractivity contribution in [3.8, 4) is 0 Å². The molecule has 0 aliphatic carbocycles. The normalized spacial score (nSPS) is 12.1. The maximum Gasteiger partial charge on any atom is 0.217 e. The molecule has 0 saturated heterocycles. The smallest absolute Gasteiger partial charge is 0.217 e. The summed E-state index contributed by atoms with van der Waals surface area (Å²) in [5, 5.41) is 10.9. The van der Waals surface area contributed by atoms with Crippen LogP contribution in [0.2, 0.25) is 0 Å². The van der Waals surface area contributed by atoms with E-state index in [-0.39, 0.29) is 17.1 Å². The molecular weight excluding hydrogens is 218 g/mol. The molecule has 0 heterocycles. The Morgan fingerprint density at radius 1 is 1.35 bits per heavy atom. The molecule has 0 saturated carbocycles. The van der Waals surface area contributed by atoms with Crippen LogP contribution in [0.15, 0.2) is 24.3 Å². The van der Waals surface area contributed by atoms with Crippen LogP contribution in [-0.4, -0.2) is 16.7 Å². The molecule has 1 rings (SSSR count). The van der Waals surface area contributed by atoms with Gasteiger partial charge in [0.15, 0.2) is 0 Å². The van der Waals surface area contributed by atoms with Crippen molar-refractivity contribution < 1.29 is 9.72 Å². The summed E-state index contributed by atoms with van der Waals surface area (Å²) in [6, 6.07) is 7.02. The highest BCUT2D eigenvalue weighted by atomic mass is 16.6. The van der Waals surface area contributed by atoms with E-state index in [1.54, 1.807) is 0 Å². The Balaban J connectivity index is 2.63. The number of hydrogen-bond donors (Lipinski definition) is 0. The average Bonchev–Trinajstić information content (AvgIpc) is 2.26. The molecule has 1 aromatic carbocycles. The Morgan fingerprint density at radius 2 is 1.94 bits per heavy atom. The summed E-state index contributed by atoms with van der Waals surface area (Å²) < 4.78 is 0. The molecular formula is C13H17NO3. The highest BCUT2D eigenvalue weighted by molar-refractivity contribution is 5.75. The van der Waals surface area contributed by atoms with Crippen molar-refractivity contribution >= 4 is 5.78 Å². The molecule has 0 spiro atoms. The molecule has 17 heavy (non-hydrogen) atoms. The van der Waals surface area contributed by atoms with Crippen molar-refractivity contribution in [2.45, 2.75) is 39.2 Å². The number of Topliss-reactive ketones (excluding diaryl/α,β-unsaturated/α-hetero) is 1. The number of carbonyl (C=O) groups is 1. The fraction of sp³-hybridized carbons (Fsp3) is 0.462. The highest BCUT2D eigenvalue weighted by Crippen LogP contribution is 2.11. The van der Waals surface area contributed by atoms with Crippen LogP contribution >= 0.6 is 0 Å². The average molecular weight is 235 g/mol. The third-order valence-electron chi connectivity index (χ3n) is 2.72. The largest absolute Gasteiger partial charge is 0.300 e. The molecule has 1 unspecified atom stereocenters. The number of nitrogens with zero attached hydrogens (tertiary/aromatic N) is 1. The molecule has 0 N–H and O–H groups in total. The van der Waals surface area contributed by atoms with Crippen LogP contribution in [0.25, 0.3) is 0 Å². The van der Waals surface area contributed by atoms with Crippen LogP contribution in [0.4, 0.5) is 0 Å². The minimum absolute atomic E-state index is 0.000700. The number of rotatable bonds is 6. The van der Waals surface area contributed by atoms with E-state index in [4.69, 9.17) is 0 Å². The number of carbonyl (C=O) groups excluding carboxylic acids is 1. The van der Waals surface area contributed by atoms with Crippen LogP contribution < -0.4 is 0 Å². The zero-order chi connectivity index (χ0) is 12.8. The summed E-state index contributed by atoms with van der Waals surface area (Å²) >= 11 is 0. The number of hydrogen-bond acceptors (Lipinski definition) is 3. The lowest BCUT2D eigenvalue weighted by Crippen LogP contribution is -2.23. The van der Waals surface area contributed by atoms with E-state index >= 15 is 0 Å². The molecule has 0 radical (unpaired) electrons. The Labute approximate surface area is 101 Å². The van der Waals surface area contributed by atoms with E-state index in [0.717, 1.165) is 11.1 Å². The molecule has 0 amide bonds. The Morgan fingerprint density at radius 3 is 2.41 bits per heavy atom. The molecule has 92 valence electrons. The number of ketones is 1. The second-order valence-corrected chi connectivity index (χ2v) is 4.37. The topological polar surface area (TPSA) is 60.2 Å². The maximum atomic E-state index is 10.9. The quantitative estimate of drug-likeness (QED) is 0.562. The SMILES string of the molecule is CC(=O)CCC(Cc1ccc(C)cc1)[N+](=O)[O-].